The predicted octanol–water partition coefficient (Wildman–Crippen LogP) is 7.93. The first-order chi connectivity index (χ1) is 16.9. The van der Waals surface area contributed by atoms with Crippen LogP contribution in [0.15, 0.2) is 65.1 Å². The van der Waals surface area contributed by atoms with E-state index in [1.807, 2.05) is 0 Å². The SMILES string of the molecule is CCCCCOc1c(Cl)cc(C(=O)Nc2c(C(=O)c3ccc(F)cc3)oc3ccccc23)cc1Cl. The van der Waals surface area contributed by atoms with E-state index in [2.05, 4.69) is 12.2 Å². The number of carbonyl (C=O) groups is 2. The number of halogens is 3. The minimum Gasteiger partial charge on any atom is -0.490 e. The van der Waals surface area contributed by atoms with E-state index in [0.717, 1.165) is 19.3 Å². The number of furan rings is 1. The second-order valence-electron chi connectivity index (χ2n) is 7.92. The Morgan fingerprint density at radius 1 is 0.971 bits per heavy atom. The van der Waals surface area contributed by atoms with Gasteiger partial charge in [-0.2, -0.15) is 0 Å². The highest BCUT2D eigenvalue weighted by Gasteiger charge is 2.24. The van der Waals surface area contributed by atoms with Gasteiger partial charge >= 0.3 is 0 Å². The summed E-state index contributed by atoms with van der Waals surface area (Å²) >= 11 is 12.7. The van der Waals surface area contributed by atoms with Crippen molar-refractivity contribution in [2.24, 2.45) is 0 Å². The molecule has 0 spiro atoms. The zero-order valence-corrected chi connectivity index (χ0v) is 20.4. The molecule has 35 heavy (non-hydrogen) atoms. The number of anilines is 1. The number of carbonyl (C=O) groups excluding carboxylic acids is 2. The number of ether oxygens (including phenoxy) is 1. The standard InChI is InChI=1S/C27H22Cl2FNO4/c1-2-3-6-13-34-25-20(28)14-17(15-21(25)29)27(33)31-23-19-7-4-5-8-22(19)35-26(23)24(32)16-9-11-18(30)12-10-16/h4-5,7-12,14-15H,2-3,6,13H2,1H3,(H,31,33). The Hall–Kier alpha value is -3.35. The molecule has 0 aliphatic rings. The van der Waals surface area contributed by atoms with Gasteiger partial charge in [0.25, 0.3) is 5.91 Å². The molecule has 1 amide bonds. The van der Waals surface area contributed by atoms with Crippen LogP contribution in [0.5, 0.6) is 5.75 Å². The molecule has 0 saturated carbocycles. The quantitative estimate of drug-likeness (QED) is 0.182. The highest BCUT2D eigenvalue weighted by atomic mass is 35.5. The lowest BCUT2D eigenvalue weighted by molar-refractivity contribution is 0.101. The number of unbranched alkanes of at least 4 members (excludes halogenated alkanes) is 2. The van der Waals surface area contributed by atoms with Crippen LogP contribution in [-0.2, 0) is 0 Å². The molecule has 0 fully saturated rings. The first kappa shape index (κ1) is 24.8. The lowest BCUT2D eigenvalue weighted by atomic mass is 10.1. The van der Waals surface area contributed by atoms with Crippen molar-refractivity contribution in [2.45, 2.75) is 26.2 Å². The average Bonchev–Trinajstić information content (AvgIpc) is 3.21. The van der Waals surface area contributed by atoms with E-state index in [0.29, 0.717) is 23.3 Å². The van der Waals surface area contributed by atoms with Crippen molar-refractivity contribution in [3.63, 3.8) is 0 Å². The molecule has 4 aromatic rings. The van der Waals surface area contributed by atoms with Crippen LogP contribution in [0.25, 0.3) is 11.0 Å². The van der Waals surface area contributed by atoms with Gasteiger partial charge in [-0.15, -0.1) is 0 Å². The smallest absolute Gasteiger partial charge is 0.255 e. The molecule has 1 aromatic heterocycles. The van der Waals surface area contributed by atoms with Crippen LogP contribution in [0.1, 0.15) is 52.7 Å². The van der Waals surface area contributed by atoms with E-state index in [1.54, 1.807) is 24.3 Å². The molecular weight excluding hydrogens is 492 g/mol. The molecule has 180 valence electrons. The average molecular weight is 514 g/mol. The summed E-state index contributed by atoms with van der Waals surface area (Å²) < 4.78 is 24.8. The molecule has 1 N–H and O–H groups in total. The number of rotatable bonds is 9. The molecule has 0 saturated heterocycles. The van der Waals surface area contributed by atoms with Gasteiger partial charge in [0, 0.05) is 16.5 Å². The second-order valence-corrected chi connectivity index (χ2v) is 8.73. The summed E-state index contributed by atoms with van der Waals surface area (Å²) in [6.45, 7) is 2.56. The first-order valence-corrected chi connectivity index (χ1v) is 11.9. The summed E-state index contributed by atoms with van der Waals surface area (Å²) in [7, 11) is 0. The van der Waals surface area contributed by atoms with Gasteiger partial charge in [-0.05, 0) is 55.0 Å². The monoisotopic (exact) mass is 513 g/mol. The number of ketones is 1. The van der Waals surface area contributed by atoms with Gasteiger partial charge in [-0.1, -0.05) is 55.1 Å². The Morgan fingerprint density at radius 2 is 1.66 bits per heavy atom. The minimum absolute atomic E-state index is 0.0702. The van der Waals surface area contributed by atoms with Crippen LogP contribution in [0.4, 0.5) is 10.1 Å². The largest absolute Gasteiger partial charge is 0.490 e. The fraction of sp³-hybridized carbons (Fsp3) is 0.185. The van der Waals surface area contributed by atoms with Crippen molar-refractivity contribution >= 4 is 51.5 Å². The van der Waals surface area contributed by atoms with Crippen LogP contribution in [0.3, 0.4) is 0 Å². The molecule has 1 heterocycles. The number of nitrogens with one attached hydrogen (secondary N) is 1. The van der Waals surface area contributed by atoms with Crippen molar-refractivity contribution in [3.8, 4) is 5.75 Å². The third kappa shape index (κ3) is 5.50. The fourth-order valence-corrected chi connectivity index (χ4v) is 4.20. The van der Waals surface area contributed by atoms with E-state index >= 15 is 0 Å². The molecule has 4 rings (SSSR count). The topological polar surface area (TPSA) is 68.5 Å². The van der Waals surface area contributed by atoms with Gasteiger partial charge in [-0.3, -0.25) is 9.59 Å². The minimum atomic E-state index is -0.536. The number of amides is 1. The van der Waals surface area contributed by atoms with Crippen LogP contribution in [0, 0.1) is 5.82 Å². The zero-order valence-electron chi connectivity index (χ0n) is 18.9. The highest BCUT2D eigenvalue weighted by molar-refractivity contribution is 6.38. The van der Waals surface area contributed by atoms with Crippen molar-refractivity contribution < 1.29 is 23.1 Å². The molecule has 0 bridgehead atoms. The lowest BCUT2D eigenvalue weighted by Crippen LogP contribution is -2.14. The zero-order chi connectivity index (χ0) is 24.9. The van der Waals surface area contributed by atoms with E-state index in [9.17, 15) is 14.0 Å². The summed E-state index contributed by atoms with van der Waals surface area (Å²) in [5, 5.41) is 3.72. The van der Waals surface area contributed by atoms with Gasteiger partial charge in [0.2, 0.25) is 5.78 Å². The Morgan fingerprint density at radius 3 is 2.34 bits per heavy atom. The predicted molar refractivity (Wildman–Crippen MR) is 135 cm³/mol. The van der Waals surface area contributed by atoms with Gasteiger partial charge in [-0.25, -0.2) is 4.39 Å². The van der Waals surface area contributed by atoms with E-state index in [4.69, 9.17) is 32.4 Å². The molecule has 5 nitrogen and oxygen atoms in total. The molecule has 0 unspecified atom stereocenters. The summed E-state index contributed by atoms with van der Waals surface area (Å²) in [6.07, 6.45) is 2.94. The molecule has 0 aliphatic carbocycles. The lowest BCUT2D eigenvalue weighted by Gasteiger charge is -2.12. The van der Waals surface area contributed by atoms with Crippen LogP contribution in [-0.4, -0.2) is 18.3 Å². The fourth-order valence-electron chi connectivity index (χ4n) is 3.60. The Labute approximate surface area is 211 Å². The molecule has 8 heteroatoms. The highest BCUT2D eigenvalue weighted by Crippen LogP contribution is 2.36. The third-order valence-corrected chi connectivity index (χ3v) is 5.96. The van der Waals surface area contributed by atoms with Gasteiger partial charge in [0.15, 0.2) is 11.5 Å². The van der Waals surface area contributed by atoms with E-state index in [-0.39, 0.29) is 32.6 Å². The number of para-hydroxylation sites is 1. The molecule has 3 aromatic carbocycles. The van der Waals surface area contributed by atoms with Crippen LogP contribution in [0.2, 0.25) is 10.0 Å². The van der Waals surface area contributed by atoms with Gasteiger partial charge in [0.1, 0.15) is 11.4 Å². The van der Waals surface area contributed by atoms with Crippen molar-refractivity contribution in [1.29, 1.82) is 0 Å². The second kappa shape index (κ2) is 10.9. The maximum absolute atomic E-state index is 13.3. The molecule has 0 aliphatic heterocycles. The van der Waals surface area contributed by atoms with E-state index in [1.165, 1.54) is 36.4 Å². The van der Waals surface area contributed by atoms with Crippen molar-refractivity contribution in [1.82, 2.24) is 0 Å². The van der Waals surface area contributed by atoms with Gasteiger partial charge < -0.3 is 14.5 Å². The molecular formula is C27H22Cl2FNO4. The number of hydrogen-bond donors (Lipinski definition) is 1. The van der Waals surface area contributed by atoms with Crippen LogP contribution < -0.4 is 10.1 Å². The summed E-state index contributed by atoms with van der Waals surface area (Å²) in [4.78, 5) is 26.3. The van der Waals surface area contributed by atoms with Crippen molar-refractivity contribution in [3.05, 3.63) is 93.4 Å². The number of fused-ring (bicyclic) bond motifs is 1. The summed E-state index contributed by atoms with van der Waals surface area (Å²) in [5.74, 6) is -1.25. The Kier molecular flexibility index (Phi) is 7.73. The maximum Gasteiger partial charge on any atom is 0.255 e. The van der Waals surface area contributed by atoms with Crippen LogP contribution >= 0.6 is 23.2 Å². The number of hydrogen-bond acceptors (Lipinski definition) is 4. The summed E-state index contributed by atoms with van der Waals surface area (Å²) in [6, 6.07) is 14.9. The Bertz CT molecular complexity index is 1360. The van der Waals surface area contributed by atoms with E-state index < -0.39 is 17.5 Å². The van der Waals surface area contributed by atoms with Crippen molar-refractivity contribution in [2.75, 3.05) is 11.9 Å². The Balaban J connectivity index is 1.64. The third-order valence-electron chi connectivity index (χ3n) is 5.40. The van der Waals surface area contributed by atoms with Gasteiger partial charge in [0.05, 0.1) is 22.3 Å². The number of benzene rings is 3. The summed E-state index contributed by atoms with van der Waals surface area (Å²) in [5.41, 5.74) is 1.02. The normalized spacial score (nSPS) is 11.0. The molecule has 0 atom stereocenters. The molecule has 0 radical (unpaired) electrons. The first-order valence-electron chi connectivity index (χ1n) is 11.1. The maximum atomic E-state index is 13.3.